The number of amides is 1. The SMILES string of the molecule is Cc1c(C(=O)Nc2ccc(N3CCc4sccc4C3)cc2)cnn1-c1ccc(C(F)(F)F)cn1. The smallest absolute Gasteiger partial charge is 0.367 e. The number of nitrogens with one attached hydrogen (secondary N) is 1. The fraction of sp³-hybridized carbons (Fsp3) is 0.208. The first-order valence-electron chi connectivity index (χ1n) is 10.6. The lowest BCUT2D eigenvalue weighted by atomic mass is 10.1. The molecule has 0 fully saturated rings. The van der Waals surface area contributed by atoms with Gasteiger partial charge in [0.2, 0.25) is 0 Å². The molecule has 4 heterocycles. The number of thiophene rings is 1. The summed E-state index contributed by atoms with van der Waals surface area (Å²) in [6, 6.07) is 12.0. The van der Waals surface area contributed by atoms with Crippen LogP contribution in [0.15, 0.2) is 60.2 Å². The van der Waals surface area contributed by atoms with Crippen molar-refractivity contribution in [1.82, 2.24) is 14.8 Å². The molecule has 1 aliphatic heterocycles. The molecule has 0 atom stereocenters. The molecule has 0 saturated carbocycles. The van der Waals surface area contributed by atoms with Crippen LogP contribution >= 0.6 is 11.3 Å². The first-order chi connectivity index (χ1) is 16.3. The number of nitrogens with zero attached hydrogens (tertiary/aromatic N) is 4. The molecule has 1 aromatic carbocycles. The predicted molar refractivity (Wildman–Crippen MR) is 125 cm³/mol. The first kappa shape index (κ1) is 22.1. The Morgan fingerprint density at radius 2 is 1.88 bits per heavy atom. The molecule has 1 N–H and O–H groups in total. The maximum atomic E-state index is 12.8. The van der Waals surface area contributed by atoms with Crippen molar-refractivity contribution in [2.24, 2.45) is 0 Å². The van der Waals surface area contributed by atoms with Crippen molar-refractivity contribution in [3.63, 3.8) is 0 Å². The van der Waals surface area contributed by atoms with Gasteiger partial charge >= 0.3 is 6.18 Å². The summed E-state index contributed by atoms with van der Waals surface area (Å²) < 4.78 is 39.7. The second-order valence-electron chi connectivity index (χ2n) is 8.00. The minimum absolute atomic E-state index is 0.198. The molecule has 0 radical (unpaired) electrons. The quantitative estimate of drug-likeness (QED) is 0.418. The molecule has 5 rings (SSSR count). The summed E-state index contributed by atoms with van der Waals surface area (Å²) in [5, 5.41) is 9.12. The average molecular weight is 484 g/mol. The normalized spacial score (nSPS) is 13.6. The van der Waals surface area contributed by atoms with Crippen molar-refractivity contribution in [3.8, 4) is 5.82 Å². The van der Waals surface area contributed by atoms with Crippen LogP contribution in [0.4, 0.5) is 24.5 Å². The van der Waals surface area contributed by atoms with Crippen LogP contribution in [0.2, 0.25) is 0 Å². The highest BCUT2D eigenvalue weighted by atomic mass is 32.1. The molecular formula is C24H20F3N5OS. The third-order valence-corrected chi connectivity index (χ3v) is 6.87. The lowest BCUT2D eigenvalue weighted by Crippen LogP contribution is -2.29. The summed E-state index contributed by atoms with van der Waals surface area (Å²) in [5.41, 5.74) is 3.04. The van der Waals surface area contributed by atoms with Gasteiger partial charge in [0.1, 0.15) is 0 Å². The Hall–Kier alpha value is -3.66. The minimum atomic E-state index is -4.47. The lowest BCUT2D eigenvalue weighted by molar-refractivity contribution is -0.137. The maximum Gasteiger partial charge on any atom is 0.417 e. The van der Waals surface area contributed by atoms with E-state index in [4.69, 9.17) is 0 Å². The van der Waals surface area contributed by atoms with Crippen LogP contribution in [0.3, 0.4) is 0 Å². The largest absolute Gasteiger partial charge is 0.417 e. The Morgan fingerprint density at radius 3 is 2.59 bits per heavy atom. The zero-order valence-electron chi connectivity index (χ0n) is 18.1. The van der Waals surface area contributed by atoms with Crippen LogP contribution in [-0.4, -0.2) is 27.2 Å². The van der Waals surface area contributed by atoms with Crippen LogP contribution in [-0.2, 0) is 19.1 Å². The predicted octanol–water partition coefficient (Wildman–Crippen LogP) is 5.47. The van der Waals surface area contributed by atoms with Crippen molar-refractivity contribution in [2.45, 2.75) is 26.1 Å². The topological polar surface area (TPSA) is 63.1 Å². The molecule has 1 aliphatic rings. The highest BCUT2D eigenvalue weighted by Crippen LogP contribution is 2.30. The van der Waals surface area contributed by atoms with Crippen LogP contribution in [0.1, 0.15) is 32.1 Å². The average Bonchev–Trinajstić information content (AvgIpc) is 3.45. The number of halogens is 3. The van der Waals surface area contributed by atoms with E-state index >= 15 is 0 Å². The number of hydrogen-bond donors (Lipinski definition) is 1. The summed E-state index contributed by atoms with van der Waals surface area (Å²) in [6.45, 7) is 3.50. The zero-order chi connectivity index (χ0) is 23.9. The standard InChI is InChI=1S/C24H20F3N5OS/c1-15-20(13-29-32(15)22-7-2-17(12-28-22)24(25,26)27)23(33)30-18-3-5-19(6-4-18)31-10-8-21-16(14-31)9-11-34-21/h2-7,9,11-13H,8,10,14H2,1H3,(H,30,33). The van der Waals surface area contributed by atoms with Gasteiger partial charge in [0.15, 0.2) is 5.82 Å². The van der Waals surface area contributed by atoms with Gasteiger partial charge in [-0.3, -0.25) is 4.79 Å². The zero-order valence-corrected chi connectivity index (χ0v) is 19.0. The van der Waals surface area contributed by atoms with Crippen LogP contribution < -0.4 is 10.2 Å². The highest BCUT2D eigenvalue weighted by molar-refractivity contribution is 7.10. The molecule has 34 heavy (non-hydrogen) atoms. The first-order valence-corrected chi connectivity index (χ1v) is 11.5. The Balaban J connectivity index is 1.27. The number of carbonyl (C=O) groups excluding carboxylic acids is 1. The number of hydrogen-bond acceptors (Lipinski definition) is 5. The van der Waals surface area contributed by atoms with Crippen LogP contribution in [0.25, 0.3) is 5.82 Å². The Morgan fingerprint density at radius 1 is 1.09 bits per heavy atom. The molecule has 0 saturated heterocycles. The number of benzene rings is 1. The van der Waals surface area contributed by atoms with Gasteiger partial charge in [-0.2, -0.15) is 18.3 Å². The second-order valence-corrected chi connectivity index (χ2v) is 9.00. The van der Waals surface area contributed by atoms with Gasteiger partial charge in [-0.15, -0.1) is 11.3 Å². The van der Waals surface area contributed by atoms with Crippen LogP contribution in [0, 0.1) is 6.92 Å². The molecule has 4 aromatic rings. The summed E-state index contributed by atoms with van der Waals surface area (Å²) in [7, 11) is 0. The number of pyridine rings is 1. The van der Waals surface area contributed by atoms with E-state index in [0.717, 1.165) is 37.5 Å². The lowest BCUT2D eigenvalue weighted by Gasteiger charge is -2.29. The van der Waals surface area contributed by atoms with Crippen molar-refractivity contribution >= 4 is 28.6 Å². The summed E-state index contributed by atoms with van der Waals surface area (Å²) in [6.07, 6.45) is -1.31. The van der Waals surface area contributed by atoms with Crippen molar-refractivity contribution in [2.75, 3.05) is 16.8 Å². The minimum Gasteiger partial charge on any atom is -0.367 e. The van der Waals surface area contributed by atoms with Gasteiger partial charge < -0.3 is 10.2 Å². The van der Waals surface area contributed by atoms with Gasteiger partial charge in [-0.05, 0) is 66.8 Å². The van der Waals surface area contributed by atoms with Gasteiger partial charge in [0, 0.05) is 35.5 Å². The Bertz CT molecular complexity index is 1330. The molecule has 174 valence electrons. The van der Waals surface area contributed by atoms with E-state index in [1.807, 2.05) is 24.3 Å². The van der Waals surface area contributed by atoms with Crippen LogP contribution in [0.5, 0.6) is 0 Å². The summed E-state index contributed by atoms with van der Waals surface area (Å²) in [5.74, 6) is -0.159. The fourth-order valence-electron chi connectivity index (χ4n) is 3.97. The van der Waals surface area contributed by atoms with Gasteiger partial charge in [-0.25, -0.2) is 9.67 Å². The molecule has 0 bridgehead atoms. The Kier molecular flexibility index (Phi) is 5.60. The Labute approximate surface area is 197 Å². The summed E-state index contributed by atoms with van der Waals surface area (Å²) in [4.78, 5) is 20.4. The third kappa shape index (κ3) is 4.28. The molecular weight excluding hydrogens is 463 g/mol. The van der Waals surface area contributed by atoms with Gasteiger partial charge in [0.05, 0.1) is 23.0 Å². The van der Waals surface area contributed by atoms with E-state index in [2.05, 4.69) is 31.7 Å². The number of aromatic nitrogens is 3. The highest BCUT2D eigenvalue weighted by Gasteiger charge is 2.31. The molecule has 3 aromatic heterocycles. The number of fused-ring (bicyclic) bond motifs is 1. The fourth-order valence-corrected chi connectivity index (χ4v) is 4.86. The summed E-state index contributed by atoms with van der Waals surface area (Å²) >= 11 is 1.80. The third-order valence-electron chi connectivity index (χ3n) is 5.84. The molecule has 6 nitrogen and oxygen atoms in total. The number of alkyl halides is 3. The molecule has 10 heteroatoms. The van der Waals surface area contributed by atoms with Crippen molar-refractivity contribution in [1.29, 1.82) is 0 Å². The van der Waals surface area contributed by atoms with E-state index in [1.54, 1.807) is 18.3 Å². The maximum absolute atomic E-state index is 12.8. The number of rotatable bonds is 4. The number of anilines is 2. The molecule has 0 aliphatic carbocycles. The number of carbonyl (C=O) groups is 1. The van der Waals surface area contributed by atoms with Crippen molar-refractivity contribution in [3.05, 3.63) is 87.5 Å². The second kappa shape index (κ2) is 8.60. The van der Waals surface area contributed by atoms with E-state index in [0.29, 0.717) is 16.9 Å². The van der Waals surface area contributed by atoms with Gasteiger partial charge in [0.25, 0.3) is 5.91 Å². The van der Waals surface area contributed by atoms with E-state index < -0.39 is 11.7 Å². The molecule has 1 amide bonds. The monoisotopic (exact) mass is 483 g/mol. The molecule has 0 unspecified atom stereocenters. The molecule has 0 spiro atoms. The van der Waals surface area contributed by atoms with E-state index in [9.17, 15) is 18.0 Å². The van der Waals surface area contributed by atoms with E-state index in [-0.39, 0.29) is 11.7 Å². The van der Waals surface area contributed by atoms with Crippen molar-refractivity contribution < 1.29 is 18.0 Å². The van der Waals surface area contributed by atoms with E-state index in [1.165, 1.54) is 27.4 Å². The van der Waals surface area contributed by atoms with Gasteiger partial charge in [-0.1, -0.05) is 0 Å².